The Morgan fingerprint density at radius 3 is 2.48 bits per heavy atom. The van der Waals surface area contributed by atoms with Gasteiger partial charge in [-0.2, -0.15) is 0 Å². The average Bonchev–Trinajstić information content (AvgIpc) is 3.09. The van der Waals surface area contributed by atoms with E-state index in [0.717, 1.165) is 11.3 Å². The van der Waals surface area contributed by atoms with Gasteiger partial charge in [-0.3, -0.25) is 9.59 Å². The van der Waals surface area contributed by atoms with Gasteiger partial charge in [0.2, 0.25) is 0 Å². The third-order valence-electron chi connectivity index (χ3n) is 4.52. The highest BCUT2D eigenvalue weighted by atomic mass is 16.5. The summed E-state index contributed by atoms with van der Waals surface area (Å²) < 4.78 is 16.3. The Morgan fingerprint density at radius 1 is 1.03 bits per heavy atom. The number of aromatic nitrogens is 1. The number of aryl methyl sites for hydroxylation is 2. The molecular weight excluding hydrogens is 398 g/mol. The van der Waals surface area contributed by atoms with Crippen molar-refractivity contribution in [2.75, 3.05) is 18.5 Å². The first kappa shape index (κ1) is 21.9. The van der Waals surface area contributed by atoms with E-state index < -0.39 is 0 Å². The standard InChI is InChI=1S/C23H25N3O5/c1-4-24-22(27)14-30-19-10-8-18(9-11-19)25-23(28)17-6-5-7-20(12-17)29-13-21-15(2)26-31-16(21)3/h5-12H,4,13-14H2,1-3H3,(H,24,27)(H,25,28). The lowest BCUT2D eigenvalue weighted by Crippen LogP contribution is -2.28. The highest BCUT2D eigenvalue weighted by Crippen LogP contribution is 2.20. The molecule has 1 aromatic heterocycles. The second-order valence-electron chi connectivity index (χ2n) is 6.84. The molecule has 0 saturated carbocycles. The van der Waals surface area contributed by atoms with Crippen LogP contribution in [0.3, 0.4) is 0 Å². The number of rotatable bonds is 9. The van der Waals surface area contributed by atoms with Crippen LogP contribution < -0.4 is 20.1 Å². The molecule has 0 bridgehead atoms. The van der Waals surface area contributed by atoms with E-state index in [-0.39, 0.29) is 18.4 Å². The van der Waals surface area contributed by atoms with E-state index in [2.05, 4.69) is 15.8 Å². The van der Waals surface area contributed by atoms with Crippen LogP contribution in [0.25, 0.3) is 0 Å². The summed E-state index contributed by atoms with van der Waals surface area (Å²) in [7, 11) is 0. The molecule has 8 nitrogen and oxygen atoms in total. The maximum absolute atomic E-state index is 12.6. The molecule has 2 amide bonds. The summed E-state index contributed by atoms with van der Waals surface area (Å²) in [5.74, 6) is 1.38. The number of hydrogen-bond donors (Lipinski definition) is 2. The Morgan fingerprint density at radius 2 is 1.81 bits per heavy atom. The molecule has 31 heavy (non-hydrogen) atoms. The molecule has 0 aliphatic heterocycles. The first-order chi connectivity index (χ1) is 15.0. The molecule has 0 unspecified atom stereocenters. The highest BCUT2D eigenvalue weighted by molar-refractivity contribution is 6.04. The highest BCUT2D eigenvalue weighted by Gasteiger charge is 2.11. The molecule has 0 aliphatic carbocycles. The zero-order valence-corrected chi connectivity index (χ0v) is 17.7. The van der Waals surface area contributed by atoms with Gasteiger partial charge in [0.1, 0.15) is 23.9 Å². The normalized spacial score (nSPS) is 10.4. The van der Waals surface area contributed by atoms with Crippen LogP contribution in [0.4, 0.5) is 5.69 Å². The van der Waals surface area contributed by atoms with E-state index in [0.29, 0.717) is 41.7 Å². The fourth-order valence-corrected chi connectivity index (χ4v) is 2.83. The monoisotopic (exact) mass is 423 g/mol. The zero-order valence-electron chi connectivity index (χ0n) is 17.7. The van der Waals surface area contributed by atoms with Crippen molar-refractivity contribution in [1.29, 1.82) is 0 Å². The van der Waals surface area contributed by atoms with Crippen molar-refractivity contribution >= 4 is 17.5 Å². The molecule has 0 aliphatic rings. The lowest BCUT2D eigenvalue weighted by Gasteiger charge is -2.10. The van der Waals surface area contributed by atoms with Crippen molar-refractivity contribution in [1.82, 2.24) is 10.5 Å². The Bertz CT molecular complexity index is 1020. The van der Waals surface area contributed by atoms with Crippen LogP contribution in [0.15, 0.2) is 53.1 Å². The third-order valence-corrected chi connectivity index (χ3v) is 4.52. The van der Waals surface area contributed by atoms with Crippen molar-refractivity contribution in [2.45, 2.75) is 27.4 Å². The summed E-state index contributed by atoms with van der Waals surface area (Å²) in [6.07, 6.45) is 0. The van der Waals surface area contributed by atoms with Crippen LogP contribution in [0.1, 0.15) is 34.3 Å². The summed E-state index contributed by atoms with van der Waals surface area (Å²) in [4.78, 5) is 24.1. The Hall–Kier alpha value is -3.81. The van der Waals surface area contributed by atoms with Crippen molar-refractivity contribution in [2.24, 2.45) is 0 Å². The summed E-state index contributed by atoms with van der Waals surface area (Å²) in [6, 6.07) is 13.7. The van der Waals surface area contributed by atoms with Gasteiger partial charge in [0.15, 0.2) is 6.61 Å². The van der Waals surface area contributed by atoms with Crippen LogP contribution in [0, 0.1) is 13.8 Å². The lowest BCUT2D eigenvalue weighted by atomic mass is 10.2. The average molecular weight is 423 g/mol. The lowest BCUT2D eigenvalue weighted by molar-refractivity contribution is -0.122. The van der Waals surface area contributed by atoms with Gasteiger partial charge in [0, 0.05) is 17.8 Å². The number of nitrogens with one attached hydrogen (secondary N) is 2. The predicted molar refractivity (Wildman–Crippen MR) is 115 cm³/mol. The summed E-state index contributed by atoms with van der Waals surface area (Å²) in [6.45, 7) is 6.34. The van der Waals surface area contributed by atoms with Gasteiger partial charge >= 0.3 is 0 Å². The zero-order chi connectivity index (χ0) is 22.2. The molecule has 1 heterocycles. The number of likely N-dealkylation sites (N-methyl/N-ethyl adjacent to an activating group) is 1. The molecule has 162 valence electrons. The maximum Gasteiger partial charge on any atom is 0.257 e. The molecule has 3 aromatic rings. The van der Waals surface area contributed by atoms with Crippen molar-refractivity contribution in [3.8, 4) is 11.5 Å². The first-order valence-electron chi connectivity index (χ1n) is 9.91. The van der Waals surface area contributed by atoms with E-state index in [1.165, 1.54) is 0 Å². The molecule has 2 N–H and O–H groups in total. The van der Waals surface area contributed by atoms with Crippen LogP contribution in [0.5, 0.6) is 11.5 Å². The van der Waals surface area contributed by atoms with Crippen molar-refractivity contribution in [3.63, 3.8) is 0 Å². The Kier molecular flexibility index (Phi) is 7.26. The number of nitrogens with zero attached hydrogens (tertiary/aromatic N) is 1. The number of benzene rings is 2. The molecular formula is C23H25N3O5. The molecule has 0 saturated heterocycles. The quantitative estimate of drug-likeness (QED) is 0.545. The molecule has 0 radical (unpaired) electrons. The van der Waals surface area contributed by atoms with E-state index in [1.54, 1.807) is 48.5 Å². The molecule has 0 fully saturated rings. The van der Waals surface area contributed by atoms with Gasteiger partial charge in [-0.05, 0) is 63.2 Å². The largest absolute Gasteiger partial charge is 0.489 e. The molecule has 3 rings (SSSR count). The van der Waals surface area contributed by atoms with Gasteiger partial charge in [-0.1, -0.05) is 11.2 Å². The topological polar surface area (TPSA) is 103 Å². The minimum atomic E-state index is -0.265. The molecule has 0 spiro atoms. The van der Waals surface area contributed by atoms with Crippen LogP contribution in [0.2, 0.25) is 0 Å². The van der Waals surface area contributed by atoms with Crippen LogP contribution in [-0.2, 0) is 11.4 Å². The van der Waals surface area contributed by atoms with Crippen molar-refractivity contribution in [3.05, 3.63) is 71.1 Å². The molecule has 2 aromatic carbocycles. The minimum Gasteiger partial charge on any atom is -0.489 e. The maximum atomic E-state index is 12.6. The number of carbonyl (C=O) groups excluding carboxylic acids is 2. The Balaban J connectivity index is 1.56. The number of ether oxygens (including phenoxy) is 2. The van der Waals surface area contributed by atoms with Crippen molar-refractivity contribution < 1.29 is 23.6 Å². The fraction of sp³-hybridized carbons (Fsp3) is 0.261. The Labute approximate surface area is 180 Å². The molecule has 8 heteroatoms. The molecule has 0 atom stereocenters. The minimum absolute atomic E-state index is 0.0553. The van der Waals surface area contributed by atoms with E-state index >= 15 is 0 Å². The van der Waals surface area contributed by atoms with Gasteiger partial charge in [0.25, 0.3) is 11.8 Å². The number of amides is 2. The fourth-order valence-electron chi connectivity index (χ4n) is 2.83. The van der Waals surface area contributed by atoms with E-state index in [4.69, 9.17) is 14.0 Å². The number of hydrogen-bond acceptors (Lipinski definition) is 6. The first-order valence-corrected chi connectivity index (χ1v) is 9.91. The summed E-state index contributed by atoms with van der Waals surface area (Å²) in [5, 5.41) is 9.40. The summed E-state index contributed by atoms with van der Waals surface area (Å²) in [5.41, 5.74) is 2.75. The smallest absolute Gasteiger partial charge is 0.257 e. The van der Waals surface area contributed by atoms with Crippen LogP contribution in [-0.4, -0.2) is 30.1 Å². The summed E-state index contributed by atoms with van der Waals surface area (Å²) >= 11 is 0. The number of carbonyl (C=O) groups is 2. The predicted octanol–water partition coefficient (Wildman–Crippen LogP) is 3.64. The van der Waals surface area contributed by atoms with E-state index in [9.17, 15) is 9.59 Å². The second-order valence-corrected chi connectivity index (χ2v) is 6.84. The van der Waals surface area contributed by atoms with Gasteiger partial charge in [-0.15, -0.1) is 0 Å². The second kappa shape index (κ2) is 10.3. The van der Waals surface area contributed by atoms with E-state index in [1.807, 2.05) is 20.8 Å². The van der Waals surface area contributed by atoms with Gasteiger partial charge in [-0.25, -0.2) is 0 Å². The van der Waals surface area contributed by atoms with Gasteiger partial charge in [0.05, 0.1) is 11.3 Å². The van der Waals surface area contributed by atoms with Crippen LogP contribution >= 0.6 is 0 Å². The SMILES string of the molecule is CCNC(=O)COc1ccc(NC(=O)c2cccc(OCc3c(C)noc3C)c2)cc1. The number of anilines is 1. The van der Waals surface area contributed by atoms with Gasteiger partial charge < -0.3 is 24.6 Å². The third kappa shape index (κ3) is 6.08.